The van der Waals surface area contributed by atoms with Crippen LogP contribution in [0.25, 0.3) is 10.2 Å². The number of rotatable bonds is 2. The Balaban J connectivity index is 1.91. The second-order valence-corrected chi connectivity index (χ2v) is 6.59. The zero-order chi connectivity index (χ0) is 13.5. The highest BCUT2D eigenvalue weighted by Crippen LogP contribution is 2.32. The lowest BCUT2D eigenvalue weighted by atomic mass is 10.1. The topological polar surface area (TPSA) is 51.4 Å². The molecule has 1 aliphatic rings. The molecule has 2 N–H and O–H groups in total. The molecule has 1 aromatic carbocycles. The summed E-state index contributed by atoms with van der Waals surface area (Å²) in [6, 6.07) is 8.25. The van der Waals surface area contributed by atoms with Crippen LogP contribution in [0, 0.1) is 0 Å². The molecule has 0 spiro atoms. The number of nitrogens with zero attached hydrogens (tertiary/aromatic N) is 2. The number of nitrogens with two attached hydrogens (primary N) is 1. The van der Waals surface area contributed by atoms with Gasteiger partial charge in [0.05, 0.1) is 21.9 Å². The van der Waals surface area contributed by atoms with E-state index in [1.807, 2.05) is 6.07 Å². The van der Waals surface area contributed by atoms with E-state index in [-0.39, 0.29) is 11.7 Å². The standard InChI is InChI=1S/C14H19N3OS/c1-14(2)9-17(8-10(7-15)18-14)13-16-11-5-3-4-6-12(11)19-13/h3-6,10H,7-9,15H2,1-2H3. The average molecular weight is 277 g/mol. The van der Waals surface area contributed by atoms with Gasteiger partial charge >= 0.3 is 0 Å². The van der Waals surface area contributed by atoms with E-state index in [0.29, 0.717) is 6.54 Å². The SMILES string of the molecule is CC1(C)CN(c2nc3ccccc3s2)CC(CN)O1. The van der Waals surface area contributed by atoms with E-state index in [2.05, 4.69) is 36.9 Å². The molecular formula is C14H19N3OS. The van der Waals surface area contributed by atoms with Crippen molar-refractivity contribution in [1.29, 1.82) is 0 Å². The lowest BCUT2D eigenvalue weighted by Crippen LogP contribution is -2.54. The minimum Gasteiger partial charge on any atom is -0.367 e. The Kier molecular flexibility index (Phi) is 3.20. The van der Waals surface area contributed by atoms with E-state index in [4.69, 9.17) is 15.5 Å². The highest BCUT2D eigenvalue weighted by molar-refractivity contribution is 7.22. The third kappa shape index (κ3) is 2.59. The average Bonchev–Trinajstić information content (AvgIpc) is 2.80. The van der Waals surface area contributed by atoms with Gasteiger partial charge in [-0.25, -0.2) is 4.98 Å². The van der Waals surface area contributed by atoms with Crippen LogP contribution in [-0.4, -0.2) is 36.3 Å². The molecule has 4 nitrogen and oxygen atoms in total. The zero-order valence-corrected chi connectivity index (χ0v) is 12.1. The summed E-state index contributed by atoms with van der Waals surface area (Å²) in [4.78, 5) is 7.02. The van der Waals surface area contributed by atoms with E-state index in [1.54, 1.807) is 11.3 Å². The summed E-state index contributed by atoms with van der Waals surface area (Å²) < 4.78 is 7.19. The number of fused-ring (bicyclic) bond motifs is 1. The summed E-state index contributed by atoms with van der Waals surface area (Å²) >= 11 is 1.74. The fourth-order valence-corrected chi connectivity index (χ4v) is 3.53. The highest BCUT2D eigenvalue weighted by atomic mass is 32.1. The van der Waals surface area contributed by atoms with Crippen molar-refractivity contribution >= 4 is 26.7 Å². The molecule has 3 rings (SSSR count). The maximum atomic E-state index is 5.96. The number of hydrogen-bond acceptors (Lipinski definition) is 5. The van der Waals surface area contributed by atoms with Crippen LogP contribution in [0.5, 0.6) is 0 Å². The first kappa shape index (κ1) is 12.8. The van der Waals surface area contributed by atoms with Crippen molar-refractivity contribution < 1.29 is 4.74 Å². The molecule has 1 fully saturated rings. The predicted molar refractivity (Wildman–Crippen MR) is 79.8 cm³/mol. The van der Waals surface area contributed by atoms with Crippen LogP contribution in [0.15, 0.2) is 24.3 Å². The van der Waals surface area contributed by atoms with Crippen molar-refractivity contribution in [3.63, 3.8) is 0 Å². The van der Waals surface area contributed by atoms with Gasteiger partial charge in [-0.2, -0.15) is 0 Å². The van der Waals surface area contributed by atoms with Crippen molar-refractivity contribution in [3.05, 3.63) is 24.3 Å². The number of benzene rings is 1. The van der Waals surface area contributed by atoms with Crippen molar-refractivity contribution in [1.82, 2.24) is 4.98 Å². The van der Waals surface area contributed by atoms with Crippen molar-refractivity contribution in [2.24, 2.45) is 5.73 Å². The molecule has 5 heteroatoms. The Morgan fingerprint density at radius 2 is 2.26 bits per heavy atom. The first-order valence-electron chi connectivity index (χ1n) is 6.56. The fourth-order valence-electron chi connectivity index (χ4n) is 2.56. The smallest absolute Gasteiger partial charge is 0.186 e. The van der Waals surface area contributed by atoms with Crippen LogP contribution in [0.1, 0.15) is 13.8 Å². The Labute approximate surface area is 117 Å². The van der Waals surface area contributed by atoms with E-state index >= 15 is 0 Å². The van der Waals surface area contributed by atoms with Gasteiger partial charge in [-0.3, -0.25) is 0 Å². The van der Waals surface area contributed by atoms with Crippen molar-refractivity contribution in [2.45, 2.75) is 25.6 Å². The van der Waals surface area contributed by atoms with E-state index < -0.39 is 0 Å². The molecule has 0 aliphatic carbocycles. The number of anilines is 1. The number of ether oxygens (including phenoxy) is 1. The van der Waals surface area contributed by atoms with E-state index in [9.17, 15) is 0 Å². The van der Waals surface area contributed by atoms with Gasteiger partial charge in [0, 0.05) is 19.6 Å². The van der Waals surface area contributed by atoms with Gasteiger partial charge in [-0.15, -0.1) is 0 Å². The number of thiazole rings is 1. The van der Waals surface area contributed by atoms with Gasteiger partial charge < -0.3 is 15.4 Å². The fraction of sp³-hybridized carbons (Fsp3) is 0.500. The van der Waals surface area contributed by atoms with Crippen molar-refractivity contribution in [3.8, 4) is 0 Å². The highest BCUT2D eigenvalue weighted by Gasteiger charge is 2.33. The van der Waals surface area contributed by atoms with Gasteiger partial charge in [0.1, 0.15) is 0 Å². The Morgan fingerprint density at radius 1 is 1.47 bits per heavy atom. The second-order valence-electron chi connectivity index (χ2n) is 5.58. The van der Waals surface area contributed by atoms with Crippen LogP contribution in [0.3, 0.4) is 0 Å². The van der Waals surface area contributed by atoms with Gasteiger partial charge in [0.25, 0.3) is 0 Å². The summed E-state index contributed by atoms with van der Waals surface area (Å²) in [6.45, 7) is 6.43. The minimum atomic E-state index is -0.180. The molecule has 0 bridgehead atoms. The van der Waals surface area contributed by atoms with Crippen LogP contribution in [0.4, 0.5) is 5.13 Å². The molecule has 0 radical (unpaired) electrons. The number of hydrogen-bond donors (Lipinski definition) is 1. The Bertz CT molecular complexity index is 548. The first-order valence-corrected chi connectivity index (χ1v) is 7.37. The lowest BCUT2D eigenvalue weighted by Gasteiger charge is -2.42. The molecule has 1 aliphatic heterocycles. The molecule has 2 heterocycles. The van der Waals surface area contributed by atoms with Gasteiger partial charge in [0.15, 0.2) is 5.13 Å². The zero-order valence-electron chi connectivity index (χ0n) is 11.3. The molecule has 102 valence electrons. The maximum Gasteiger partial charge on any atom is 0.186 e. The molecule has 19 heavy (non-hydrogen) atoms. The molecule has 1 saturated heterocycles. The van der Waals surface area contributed by atoms with Crippen molar-refractivity contribution in [2.75, 3.05) is 24.5 Å². The molecule has 2 aromatic rings. The van der Waals surface area contributed by atoms with Gasteiger partial charge in [0.2, 0.25) is 0 Å². The third-order valence-corrected chi connectivity index (χ3v) is 4.39. The molecule has 1 aromatic heterocycles. The molecular weight excluding hydrogens is 258 g/mol. The molecule has 0 amide bonds. The second kappa shape index (κ2) is 4.74. The quantitative estimate of drug-likeness (QED) is 0.914. The van der Waals surface area contributed by atoms with Crippen LogP contribution in [0.2, 0.25) is 0 Å². The molecule has 1 unspecified atom stereocenters. The molecule has 0 saturated carbocycles. The van der Waals surface area contributed by atoms with E-state index in [1.165, 1.54) is 4.70 Å². The summed E-state index contributed by atoms with van der Waals surface area (Å²) in [5.74, 6) is 0. The van der Waals surface area contributed by atoms with Crippen LogP contribution < -0.4 is 10.6 Å². The molecule has 1 atom stereocenters. The van der Waals surface area contributed by atoms with Crippen LogP contribution >= 0.6 is 11.3 Å². The normalized spacial score (nSPS) is 22.9. The number of para-hydroxylation sites is 1. The Morgan fingerprint density at radius 3 is 3.00 bits per heavy atom. The third-order valence-electron chi connectivity index (χ3n) is 3.30. The first-order chi connectivity index (χ1) is 9.07. The maximum absolute atomic E-state index is 5.96. The summed E-state index contributed by atoms with van der Waals surface area (Å²) in [7, 11) is 0. The number of morpholine rings is 1. The minimum absolute atomic E-state index is 0.0794. The Hall–Kier alpha value is -1.17. The summed E-state index contributed by atoms with van der Waals surface area (Å²) in [6.07, 6.45) is 0.0794. The monoisotopic (exact) mass is 277 g/mol. The van der Waals surface area contributed by atoms with Crippen LogP contribution in [-0.2, 0) is 4.74 Å². The summed E-state index contributed by atoms with van der Waals surface area (Å²) in [5.41, 5.74) is 6.66. The number of aromatic nitrogens is 1. The van der Waals surface area contributed by atoms with E-state index in [0.717, 1.165) is 23.7 Å². The summed E-state index contributed by atoms with van der Waals surface area (Å²) in [5, 5.41) is 1.07. The largest absolute Gasteiger partial charge is 0.367 e. The van der Waals surface area contributed by atoms with Gasteiger partial charge in [-0.05, 0) is 26.0 Å². The predicted octanol–water partition coefficient (Wildman–Crippen LogP) is 2.24. The lowest BCUT2D eigenvalue weighted by molar-refractivity contribution is -0.0788. The van der Waals surface area contributed by atoms with Gasteiger partial charge in [-0.1, -0.05) is 23.5 Å².